The Bertz CT molecular complexity index is 831. The van der Waals surface area contributed by atoms with Crippen molar-refractivity contribution in [2.75, 3.05) is 18.4 Å². The Morgan fingerprint density at radius 3 is 2.79 bits per heavy atom. The van der Waals surface area contributed by atoms with Crippen LogP contribution in [0.1, 0.15) is 22.3 Å². The normalized spacial score (nSPS) is 19.3. The van der Waals surface area contributed by atoms with Crippen molar-refractivity contribution in [3.8, 4) is 11.1 Å². The molecule has 1 saturated heterocycles. The summed E-state index contributed by atoms with van der Waals surface area (Å²) in [6.07, 6.45) is 1.29. The number of hydrogen-bond donors (Lipinski definition) is 2. The third kappa shape index (κ3) is 2.67. The van der Waals surface area contributed by atoms with Gasteiger partial charge in [0.25, 0.3) is 5.91 Å². The highest BCUT2D eigenvalue weighted by molar-refractivity contribution is 6.00. The third-order valence-corrected chi connectivity index (χ3v) is 4.69. The minimum Gasteiger partial charge on any atom is -0.337 e. The van der Waals surface area contributed by atoms with Crippen LogP contribution in [0.4, 0.5) is 5.69 Å². The molecule has 5 heteroatoms. The molecule has 1 atom stereocenters. The van der Waals surface area contributed by atoms with Gasteiger partial charge in [0.15, 0.2) is 0 Å². The molecule has 122 valence electrons. The average Bonchev–Trinajstić information content (AvgIpc) is 3.18. The van der Waals surface area contributed by atoms with Gasteiger partial charge in [-0.25, -0.2) is 0 Å². The van der Waals surface area contributed by atoms with Gasteiger partial charge in [0.2, 0.25) is 5.91 Å². The fraction of sp³-hybridized carbons (Fsp3) is 0.263. The van der Waals surface area contributed by atoms with Gasteiger partial charge >= 0.3 is 0 Å². The number of rotatable bonds is 2. The van der Waals surface area contributed by atoms with E-state index in [0.717, 1.165) is 35.3 Å². The molecule has 2 aromatic carbocycles. The molecular weight excluding hydrogens is 302 g/mol. The van der Waals surface area contributed by atoms with E-state index in [9.17, 15) is 9.59 Å². The maximum Gasteiger partial charge on any atom is 0.253 e. The first-order valence-corrected chi connectivity index (χ1v) is 8.18. The molecule has 3 N–H and O–H groups in total. The number of nitrogens with two attached hydrogens (primary N) is 1. The summed E-state index contributed by atoms with van der Waals surface area (Å²) in [4.78, 5) is 25.9. The van der Waals surface area contributed by atoms with Gasteiger partial charge in [-0.3, -0.25) is 9.59 Å². The zero-order valence-corrected chi connectivity index (χ0v) is 13.3. The molecule has 0 unspecified atom stereocenters. The Morgan fingerprint density at radius 1 is 1.17 bits per heavy atom. The Morgan fingerprint density at radius 2 is 2.00 bits per heavy atom. The highest BCUT2D eigenvalue weighted by Gasteiger charge is 2.24. The highest BCUT2D eigenvalue weighted by atomic mass is 16.2. The summed E-state index contributed by atoms with van der Waals surface area (Å²) in [7, 11) is 0. The molecule has 2 aliphatic heterocycles. The first-order valence-electron chi connectivity index (χ1n) is 8.18. The van der Waals surface area contributed by atoms with Gasteiger partial charge in [-0.1, -0.05) is 24.3 Å². The van der Waals surface area contributed by atoms with E-state index in [-0.39, 0.29) is 17.9 Å². The quantitative estimate of drug-likeness (QED) is 0.888. The molecule has 0 aromatic heterocycles. The molecule has 1 fully saturated rings. The van der Waals surface area contributed by atoms with Crippen LogP contribution in [-0.2, 0) is 11.2 Å². The summed E-state index contributed by atoms with van der Waals surface area (Å²) in [5.74, 6) is 0.0516. The smallest absolute Gasteiger partial charge is 0.253 e. The van der Waals surface area contributed by atoms with Crippen LogP contribution in [0.5, 0.6) is 0 Å². The third-order valence-electron chi connectivity index (χ3n) is 4.69. The Kier molecular flexibility index (Phi) is 3.58. The number of anilines is 1. The SMILES string of the molecule is N[C@H]1CCN(C(=O)c2cccc(-c3ccc4c(c3)NC(=O)C4)c2)C1. The van der Waals surface area contributed by atoms with Crippen molar-refractivity contribution < 1.29 is 9.59 Å². The van der Waals surface area contributed by atoms with Crippen molar-refractivity contribution in [3.63, 3.8) is 0 Å². The lowest BCUT2D eigenvalue weighted by Gasteiger charge is -2.16. The summed E-state index contributed by atoms with van der Waals surface area (Å²) in [5.41, 5.74) is 10.4. The molecule has 2 heterocycles. The molecule has 5 nitrogen and oxygen atoms in total. The van der Waals surface area contributed by atoms with E-state index in [2.05, 4.69) is 5.32 Å². The Labute approximate surface area is 140 Å². The minimum atomic E-state index is 0.0245. The summed E-state index contributed by atoms with van der Waals surface area (Å²) in [6.45, 7) is 1.34. The molecule has 2 aliphatic rings. The second kappa shape index (κ2) is 5.76. The van der Waals surface area contributed by atoms with E-state index >= 15 is 0 Å². The second-order valence-corrected chi connectivity index (χ2v) is 6.48. The predicted molar refractivity (Wildman–Crippen MR) is 92.7 cm³/mol. The number of likely N-dealkylation sites (tertiary alicyclic amines) is 1. The molecule has 0 saturated carbocycles. The highest BCUT2D eigenvalue weighted by Crippen LogP contribution is 2.30. The van der Waals surface area contributed by atoms with Gasteiger partial charge < -0.3 is 16.0 Å². The summed E-state index contributed by atoms with van der Waals surface area (Å²) in [5, 5.41) is 2.87. The first kappa shape index (κ1) is 14.9. The fourth-order valence-corrected chi connectivity index (χ4v) is 3.38. The van der Waals surface area contributed by atoms with Gasteiger partial charge in [0.1, 0.15) is 0 Å². The van der Waals surface area contributed by atoms with Crippen molar-refractivity contribution >= 4 is 17.5 Å². The maximum atomic E-state index is 12.6. The molecule has 4 rings (SSSR count). The minimum absolute atomic E-state index is 0.0245. The van der Waals surface area contributed by atoms with Crippen LogP contribution in [0.2, 0.25) is 0 Å². The largest absolute Gasteiger partial charge is 0.337 e. The molecule has 2 amide bonds. The fourth-order valence-electron chi connectivity index (χ4n) is 3.38. The monoisotopic (exact) mass is 321 g/mol. The van der Waals surface area contributed by atoms with Crippen molar-refractivity contribution in [1.82, 2.24) is 4.90 Å². The molecular formula is C19H19N3O2. The van der Waals surface area contributed by atoms with Crippen LogP contribution < -0.4 is 11.1 Å². The van der Waals surface area contributed by atoms with E-state index in [0.29, 0.717) is 18.5 Å². The Balaban J connectivity index is 1.62. The number of fused-ring (bicyclic) bond motifs is 1. The molecule has 2 aromatic rings. The molecule has 0 bridgehead atoms. The number of carbonyl (C=O) groups excluding carboxylic acids is 2. The van der Waals surface area contributed by atoms with Crippen LogP contribution in [0, 0.1) is 0 Å². The van der Waals surface area contributed by atoms with Crippen molar-refractivity contribution in [2.45, 2.75) is 18.9 Å². The number of nitrogens with zero attached hydrogens (tertiary/aromatic N) is 1. The molecule has 0 aliphatic carbocycles. The molecule has 24 heavy (non-hydrogen) atoms. The van der Waals surface area contributed by atoms with E-state index in [1.165, 1.54) is 0 Å². The Hall–Kier alpha value is -2.66. The second-order valence-electron chi connectivity index (χ2n) is 6.48. The summed E-state index contributed by atoms with van der Waals surface area (Å²) >= 11 is 0. The van der Waals surface area contributed by atoms with Gasteiger partial charge in [-0.05, 0) is 41.3 Å². The number of nitrogens with one attached hydrogen (secondary N) is 1. The zero-order chi connectivity index (χ0) is 16.7. The topological polar surface area (TPSA) is 75.4 Å². The lowest BCUT2D eigenvalue weighted by Crippen LogP contribution is -2.31. The maximum absolute atomic E-state index is 12.6. The van der Waals surface area contributed by atoms with Crippen LogP contribution >= 0.6 is 0 Å². The van der Waals surface area contributed by atoms with Gasteiger partial charge in [0.05, 0.1) is 6.42 Å². The van der Waals surface area contributed by atoms with E-state index in [1.807, 2.05) is 47.4 Å². The lowest BCUT2D eigenvalue weighted by atomic mass is 10.0. The lowest BCUT2D eigenvalue weighted by molar-refractivity contribution is -0.115. The molecule has 0 radical (unpaired) electrons. The van der Waals surface area contributed by atoms with Crippen LogP contribution in [0.25, 0.3) is 11.1 Å². The summed E-state index contributed by atoms with van der Waals surface area (Å²) < 4.78 is 0. The van der Waals surface area contributed by atoms with Crippen molar-refractivity contribution in [2.24, 2.45) is 5.73 Å². The van der Waals surface area contributed by atoms with E-state index in [4.69, 9.17) is 5.73 Å². The number of amides is 2. The average molecular weight is 321 g/mol. The first-order chi connectivity index (χ1) is 11.6. The van der Waals surface area contributed by atoms with Gasteiger partial charge in [-0.2, -0.15) is 0 Å². The van der Waals surface area contributed by atoms with Crippen LogP contribution in [-0.4, -0.2) is 35.8 Å². The standard InChI is InChI=1S/C19H19N3O2/c20-16-6-7-22(11-16)19(24)15-3-1-2-12(8-15)13-4-5-14-10-18(23)21-17(14)9-13/h1-5,8-9,16H,6-7,10-11,20H2,(H,21,23)/t16-/m0/s1. The number of carbonyl (C=O) groups is 2. The van der Waals surface area contributed by atoms with Crippen molar-refractivity contribution in [1.29, 1.82) is 0 Å². The van der Waals surface area contributed by atoms with Crippen LogP contribution in [0.3, 0.4) is 0 Å². The van der Waals surface area contributed by atoms with Crippen LogP contribution in [0.15, 0.2) is 42.5 Å². The zero-order valence-electron chi connectivity index (χ0n) is 13.3. The van der Waals surface area contributed by atoms with Gasteiger partial charge in [0, 0.05) is 30.4 Å². The number of benzene rings is 2. The molecule has 0 spiro atoms. The van der Waals surface area contributed by atoms with Gasteiger partial charge in [-0.15, -0.1) is 0 Å². The predicted octanol–water partition coefficient (Wildman–Crippen LogP) is 2.02. The van der Waals surface area contributed by atoms with Crippen molar-refractivity contribution in [3.05, 3.63) is 53.6 Å². The summed E-state index contributed by atoms with van der Waals surface area (Å²) in [6, 6.07) is 13.6. The van der Waals surface area contributed by atoms with E-state index in [1.54, 1.807) is 0 Å². The van der Waals surface area contributed by atoms with E-state index < -0.39 is 0 Å². The number of hydrogen-bond acceptors (Lipinski definition) is 3.